The van der Waals surface area contributed by atoms with Crippen molar-refractivity contribution in [2.75, 3.05) is 19.6 Å². The number of likely N-dealkylation sites (tertiary alicyclic amines) is 2. The molecular formula is C20H33N3O2S. The van der Waals surface area contributed by atoms with Gasteiger partial charge in [-0.15, -0.1) is 11.3 Å². The molecule has 2 aliphatic heterocycles. The monoisotopic (exact) mass is 379 g/mol. The summed E-state index contributed by atoms with van der Waals surface area (Å²) >= 11 is 1.76. The Labute approximate surface area is 161 Å². The van der Waals surface area contributed by atoms with Crippen LogP contribution in [0.4, 0.5) is 4.79 Å². The molecule has 1 unspecified atom stereocenters. The number of aromatic nitrogens is 1. The number of carbonyl (C=O) groups is 1. The van der Waals surface area contributed by atoms with Gasteiger partial charge < -0.3 is 9.64 Å². The molecule has 5 nitrogen and oxygen atoms in total. The van der Waals surface area contributed by atoms with Crippen LogP contribution in [0.25, 0.3) is 0 Å². The normalized spacial score (nSPS) is 24.6. The summed E-state index contributed by atoms with van der Waals surface area (Å²) < 4.78 is 5.59. The number of hydrogen-bond acceptors (Lipinski definition) is 5. The molecule has 3 heterocycles. The average Bonchev–Trinajstić information content (AvgIpc) is 2.99. The topological polar surface area (TPSA) is 45.7 Å². The number of hydrogen-bond donors (Lipinski definition) is 0. The molecule has 0 aromatic carbocycles. The second kappa shape index (κ2) is 6.79. The summed E-state index contributed by atoms with van der Waals surface area (Å²) in [6.07, 6.45) is 3.18. The van der Waals surface area contributed by atoms with Crippen LogP contribution in [0.2, 0.25) is 0 Å². The van der Waals surface area contributed by atoms with Gasteiger partial charge >= 0.3 is 6.09 Å². The average molecular weight is 380 g/mol. The number of nitrogens with zero attached hydrogens (tertiary/aromatic N) is 3. The van der Waals surface area contributed by atoms with E-state index in [1.54, 1.807) is 11.3 Å². The van der Waals surface area contributed by atoms with Crippen molar-refractivity contribution in [3.8, 4) is 0 Å². The Kier molecular flexibility index (Phi) is 5.12. The molecule has 0 radical (unpaired) electrons. The van der Waals surface area contributed by atoms with E-state index < -0.39 is 5.60 Å². The molecule has 1 aromatic heterocycles. The quantitative estimate of drug-likeness (QED) is 0.763. The van der Waals surface area contributed by atoms with E-state index in [1.807, 2.05) is 25.7 Å². The number of carbonyl (C=O) groups excluding carboxylic acids is 1. The molecule has 0 saturated carbocycles. The summed E-state index contributed by atoms with van der Waals surface area (Å²) in [5.41, 5.74) is 0.938. The summed E-state index contributed by atoms with van der Waals surface area (Å²) in [5.74, 6) is 0. The molecule has 0 aliphatic carbocycles. The third-order valence-corrected chi connectivity index (χ3v) is 6.59. The maximum atomic E-state index is 12.5. The van der Waals surface area contributed by atoms with Crippen molar-refractivity contribution in [1.29, 1.82) is 0 Å². The van der Waals surface area contributed by atoms with E-state index in [0.717, 1.165) is 51.1 Å². The first-order chi connectivity index (χ1) is 12.0. The van der Waals surface area contributed by atoms with Gasteiger partial charge in [0, 0.05) is 42.5 Å². The van der Waals surface area contributed by atoms with Gasteiger partial charge in [-0.2, -0.15) is 0 Å². The van der Waals surface area contributed by atoms with E-state index in [2.05, 4.69) is 31.1 Å². The Hall–Kier alpha value is -1.14. The first kappa shape index (κ1) is 19.6. The lowest BCUT2D eigenvalue weighted by Gasteiger charge is -2.56. The molecule has 6 heteroatoms. The van der Waals surface area contributed by atoms with Gasteiger partial charge in [0.1, 0.15) is 5.60 Å². The van der Waals surface area contributed by atoms with Crippen LogP contribution < -0.4 is 0 Å². The van der Waals surface area contributed by atoms with Crippen molar-refractivity contribution in [1.82, 2.24) is 14.8 Å². The van der Waals surface area contributed by atoms with E-state index in [9.17, 15) is 4.79 Å². The number of thiazole rings is 1. The highest BCUT2D eigenvalue weighted by Crippen LogP contribution is 2.40. The van der Waals surface area contributed by atoms with Gasteiger partial charge in [0.25, 0.3) is 0 Å². The first-order valence-corrected chi connectivity index (χ1v) is 10.5. The maximum Gasteiger partial charge on any atom is 0.410 e. The molecule has 2 fully saturated rings. The third kappa shape index (κ3) is 4.22. The Morgan fingerprint density at radius 3 is 2.50 bits per heavy atom. The summed E-state index contributed by atoms with van der Waals surface area (Å²) in [5, 5.41) is 3.39. The maximum absolute atomic E-state index is 12.5. The standard InChI is InChI=1S/C20H33N3O2S/c1-18(2,3)16-21-15(13-26-16)12-23-11-9-20(23)8-7-10-22(14-20)17(24)25-19(4,5)6/h13H,7-12,14H2,1-6H3. The van der Waals surface area contributed by atoms with Crippen molar-refractivity contribution < 1.29 is 9.53 Å². The first-order valence-electron chi connectivity index (χ1n) is 9.66. The summed E-state index contributed by atoms with van der Waals surface area (Å²) in [4.78, 5) is 21.8. The Morgan fingerprint density at radius 1 is 1.23 bits per heavy atom. The van der Waals surface area contributed by atoms with Gasteiger partial charge in [-0.05, 0) is 40.0 Å². The van der Waals surface area contributed by atoms with Gasteiger partial charge in [0.15, 0.2) is 0 Å². The van der Waals surface area contributed by atoms with Crippen LogP contribution in [0, 0.1) is 0 Å². The van der Waals surface area contributed by atoms with Crippen LogP contribution in [0.15, 0.2) is 5.38 Å². The van der Waals surface area contributed by atoms with Gasteiger partial charge in [-0.1, -0.05) is 20.8 Å². The molecular weight excluding hydrogens is 346 g/mol. The van der Waals surface area contributed by atoms with E-state index in [-0.39, 0.29) is 17.0 Å². The van der Waals surface area contributed by atoms with Crippen molar-refractivity contribution in [3.05, 3.63) is 16.1 Å². The lowest BCUT2D eigenvalue weighted by atomic mass is 9.77. The smallest absolute Gasteiger partial charge is 0.410 e. The van der Waals surface area contributed by atoms with Crippen LogP contribution in [0.3, 0.4) is 0 Å². The second-order valence-corrected chi connectivity index (χ2v) is 10.7. The van der Waals surface area contributed by atoms with E-state index >= 15 is 0 Å². The molecule has 1 amide bonds. The zero-order valence-corrected chi connectivity index (χ0v) is 17.9. The zero-order chi connectivity index (χ0) is 19.2. The van der Waals surface area contributed by atoms with Crippen LogP contribution >= 0.6 is 11.3 Å². The molecule has 0 N–H and O–H groups in total. The van der Waals surface area contributed by atoms with Crippen LogP contribution in [0.5, 0.6) is 0 Å². The molecule has 3 rings (SSSR count). The number of rotatable bonds is 2. The highest BCUT2D eigenvalue weighted by atomic mass is 32.1. The SMILES string of the molecule is CC(C)(C)OC(=O)N1CCCC2(CCN2Cc2csc(C(C)(C)C)n2)C1. The summed E-state index contributed by atoms with van der Waals surface area (Å²) in [7, 11) is 0. The number of ether oxygens (including phenoxy) is 1. The molecule has 0 bridgehead atoms. The number of piperidine rings is 1. The lowest BCUT2D eigenvalue weighted by molar-refractivity contribution is -0.0749. The predicted octanol–water partition coefficient (Wildman–Crippen LogP) is 4.42. The highest BCUT2D eigenvalue weighted by Gasteiger charge is 2.48. The van der Waals surface area contributed by atoms with Gasteiger partial charge in [-0.3, -0.25) is 4.90 Å². The Balaban J connectivity index is 1.64. The van der Waals surface area contributed by atoms with Crippen molar-refractivity contribution in [3.63, 3.8) is 0 Å². The largest absolute Gasteiger partial charge is 0.444 e. The van der Waals surface area contributed by atoms with Crippen molar-refractivity contribution in [2.24, 2.45) is 0 Å². The molecule has 1 aromatic rings. The van der Waals surface area contributed by atoms with Crippen LogP contribution in [0.1, 0.15) is 71.5 Å². The molecule has 146 valence electrons. The molecule has 2 aliphatic rings. The van der Waals surface area contributed by atoms with Gasteiger partial charge in [-0.25, -0.2) is 9.78 Å². The van der Waals surface area contributed by atoms with Crippen molar-refractivity contribution >= 4 is 17.4 Å². The summed E-state index contributed by atoms with van der Waals surface area (Å²) in [6.45, 7) is 16.0. The minimum atomic E-state index is -0.440. The van der Waals surface area contributed by atoms with Crippen LogP contribution in [-0.4, -0.2) is 51.7 Å². The third-order valence-electron chi connectivity index (χ3n) is 5.27. The predicted molar refractivity (Wildman–Crippen MR) is 106 cm³/mol. The molecule has 1 atom stereocenters. The fourth-order valence-electron chi connectivity index (χ4n) is 3.81. The van der Waals surface area contributed by atoms with Gasteiger partial charge in [0.05, 0.1) is 10.7 Å². The fraction of sp³-hybridized carbons (Fsp3) is 0.800. The lowest BCUT2D eigenvalue weighted by Crippen LogP contribution is -2.67. The minimum absolute atomic E-state index is 0.105. The second-order valence-electron chi connectivity index (χ2n) is 9.80. The zero-order valence-electron chi connectivity index (χ0n) is 17.1. The minimum Gasteiger partial charge on any atom is -0.444 e. The fourth-order valence-corrected chi connectivity index (χ4v) is 4.71. The van der Waals surface area contributed by atoms with Gasteiger partial charge in [0.2, 0.25) is 0 Å². The van der Waals surface area contributed by atoms with E-state index in [1.165, 1.54) is 5.01 Å². The summed E-state index contributed by atoms with van der Waals surface area (Å²) in [6, 6.07) is 0. The Bertz CT molecular complexity index is 659. The van der Waals surface area contributed by atoms with E-state index in [4.69, 9.17) is 9.72 Å². The highest BCUT2D eigenvalue weighted by molar-refractivity contribution is 7.09. The molecule has 2 saturated heterocycles. The number of amides is 1. The molecule has 1 spiro atoms. The van der Waals surface area contributed by atoms with Crippen LogP contribution in [-0.2, 0) is 16.7 Å². The van der Waals surface area contributed by atoms with Crippen molar-refractivity contribution in [2.45, 2.75) is 83.9 Å². The Morgan fingerprint density at radius 2 is 1.96 bits per heavy atom. The molecule has 26 heavy (non-hydrogen) atoms. The van der Waals surface area contributed by atoms with E-state index in [0.29, 0.717) is 0 Å².